The number of halogens is 1. The van der Waals surface area contributed by atoms with Crippen LogP contribution >= 0.6 is 0 Å². The van der Waals surface area contributed by atoms with E-state index in [1.54, 1.807) is 16.7 Å². The summed E-state index contributed by atoms with van der Waals surface area (Å²) in [7, 11) is 0. The van der Waals surface area contributed by atoms with Gasteiger partial charge in [-0.15, -0.1) is 0 Å². The first-order valence-corrected chi connectivity index (χ1v) is 6.49. The second kappa shape index (κ2) is 4.93. The van der Waals surface area contributed by atoms with Gasteiger partial charge in [0.2, 0.25) is 0 Å². The van der Waals surface area contributed by atoms with Crippen molar-refractivity contribution in [1.82, 2.24) is 4.57 Å². The summed E-state index contributed by atoms with van der Waals surface area (Å²) in [6.45, 7) is 2.32. The summed E-state index contributed by atoms with van der Waals surface area (Å²) in [5.74, 6) is -0.464. The quantitative estimate of drug-likeness (QED) is 0.696. The van der Waals surface area contributed by atoms with Gasteiger partial charge in [-0.2, -0.15) is 0 Å². The fraction of sp³-hybridized carbons (Fsp3) is 0.118. The molecule has 1 heterocycles. The normalized spacial score (nSPS) is 10.9. The van der Waals surface area contributed by atoms with Crippen molar-refractivity contribution in [1.29, 1.82) is 0 Å². The summed E-state index contributed by atoms with van der Waals surface area (Å²) in [6, 6.07) is 16.3. The highest BCUT2D eigenvalue weighted by molar-refractivity contribution is 5.82. The van der Waals surface area contributed by atoms with Crippen LogP contribution in [0.25, 0.3) is 10.8 Å². The molecule has 0 unspecified atom stereocenters. The number of rotatable bonds is 2. The van der Waals surface area contributed by atoms with Crippen LogP contribution in [0, 0.1) is 12.7 Å². The molecule has 3 rings (SSSR count). The second-order valence-corrected chi connectivity index (χ2v) is 4.87. The van der Waals surface area contributed by atoms with Gasteiger partial charge in [0.1, 0.15) is 5.82 Å². The lowest BCUT2D eigenvalue weighted by atomic mass is 10.1. The Balaban J connectivity index is 2.21. The van der Waals surface area contributed by atoms with Crippen LogP contribution in [0.1, 0.15) is 11.3 Å². The smallest absolute Gasteiger partial charge is 0.261 e. The Morgan fingerprint density at radius 3 is 2.55 bits per heavy atom. The van der Waals surface area contributed by atoms with Crippen LogP contribution in [0.5, 0.6) is 0 Å². The van der Waals surface area contributed by atoms with Crippen molar-refractivity contribution < 1.29 is 4.39 Å². The predicted molar refractivity (Wildman–Crippen MR) is 78.4 cm³/mol. The van der Waals surface area contributed by atoms with Crippen LogP contribution in [-0.2, 0) is 6.54 Å². The molecule has 0 aliphatic rings. The maximum absolute atomic E-state index is 13.9. The SMILES string of the molecule is Cc1cc2cccc(F)c2c(=O)n1Cc1ccccc1. The molecular weight excluding hydrogens is 253 g/mol. The van der Waals surface area contributed by atoms with Gasteiger partial charge in [-0.1, -0.05) is 42.5 Å². The molecule has 0 spiro atoms. The summed E-state index contributed by atoms with van der Waals surface area (Å²) in [6.07, 6.45) is 0. The third-order valence-corrected chi connectivity index (χ3v) is 3.48. The maximum atomic E-state index is 13.9. The molecule has 20 heavy (non-hydrogen) atoms. The number of pyridine rings is 1. The molecule has 0 fully saturated rings. The molecule has 0 saturated carbocycles. The van der Waals surface area contributed by atoms with E-state index in [0.717, 1.165) is 11.3 Å². The highest BCUT2D eigenvalue weighted by Crippen LogP contribution is 2.16. The predicted octanol–water partition coefficient (Wildman–Crippen LogP) is 3.50. The lowest BCUT2D eigenvalue weighted by Gasteiger charge is -2.12. The van der Waals surface area contributed by atoms with Gasteiger partial charge in [-0.05, 0) is 30.0 Å². The standard InChI is InChI=1S/C17H14FNO/c1-12-10-14-8-5-9-15(18)16(14)17(20)19(12)11-13-6-3-2-4-7-13/h2-10H,11H2,1H3. The van der Waals surface area contributed by atoms with Gasteiger partial charge < -0.3 is 4.57 Å². The van der Waals surface area contributed by atoms with Gasteiger partial charge >= 0.3 is 0 Å². The number of aromatic nitrogens is 1. The number of hydrogen-bond acceptors (Lipinski definition) is 1. The first-order chi connectivity index (χ1) is 9.66. The van der Waals surface area contributed by atoms with Gasteiger partial charge in [0.05, 0.1) is 11.9 Å². The van der Waals surface area contributed by atoms with E-state index in [1.807, 2.05) is 43.3 Å². The molecule has 0 N–H and O–H groups in total. The van der Waals surface area contributed by atoms with Gasteiger partial charge in [-0.25, -0.2) is 4.39 Å². The Labute approximate surface area is 116 Å². The topological polar surface area (TPSA) is 22.0 Å². The van der Waals surface area contributed by atoms with E-state index in [4.69, 9.17) is 0 Å². The first kappa shape index (κ1) is 12.6. The lowest BCUT2D eigenvalue weighted by Crippen LogP contribution is -2.23. The van der Waals surface area contributed by atoms with E-state index in [1.165, 1.54) is 6.07 Å². The highest BCUT2D eigenvalue weighted by Gasteiger charge is 2.10. The highest BCUT2D eigenvalue weighted by atomic mass is 19.1. The van der Waals surface area contributed by atoms with Gasteiger partial charge in [0.15, 0.2) is 0 Å². The molecule has 0 saturated heterocycles. The first-order valence-electron chi connectivity index (χ1n) is 6.49. The minimum absolute atomic E-state index is 0.161. The molecule has 2 nitrogen and oxygen atoms in total. The Morgan fingerprint density at radius 2 is 1.80 bits per heavy atom. The Morgan fingerprint density at radius 1 is 1.05 bits per heavy atom. The Bertz CT molecular complexity index is 822. The van der Waals surface area contributed by atoms with Crippen LogP contribution in [0.3, 0.4) is 0 Å². The fourth-order valence-electron chi connectivity index (χ4n) is 2.45. The number of benzene rings is 2. The molecule has 0 aliphatic heterocycles. The van der Waals surface area contributed by atoms with Gasteiger partial charge in [0, 0.05) is 5.69 Å². The molecule has 0 atom stereocenters. The number of nitrogens with zero attached hydrogens (tertiary/aromatic N) is 1. The number of fused-ring (bicyclic) bond motifs is 1. The molecule has 100 valence electrons. The van der Waals surface area contributed by atoms with E-state index >= 15 is 0 Å². The Hall–Kier alpha value is -2.42. The van der Waals surface area contributed by atoms with Crippen molar-refractivity contribution in [2.24, 2.45) is 0 Å². The Kier molecular flexibility index (Phi) is 3.11. The average molecular weight is 267 g/mol. The summed E-state index contributed by atoms with van der Waals surface area (Å²) in [5, 5.41) is 0.811. The van der Waals surface area contributed by atoms with E-state index in [-0.39, 0.29) is 10.9 Å². The zero-order chi connectivity index (χ0) is 14.1. The van der Waals surface area contributed by atoms with E-state index in [0.29, 0.717) is 11.9 Å². The summed E-state index contributed by atoms with van der Waals surface area (Å²) >= 11 is 0. The van der Waals surface area contributed by atoms with Crippen molar-refractivity contribution in [3.05, 3.63) is 82.0 Å². The second-order valence-electron chi connectivity index (χ2n) is 4.87. The summed E-state index contributed by atoms with van der Waals surface area (Å²) < 4.78 is 15.5. The number of hydrogen-bond donors (Lipinski definition) is 0. The summed E-state index contributed by atoms with van der Waals surface area (Å²) in [4.78, 5) is 12.5. The van der Waals surface area contributed by atoms with Crippen LogP contribution in [-0.4, -0.2) is 4.57 Å². The number of aryl methyl sites for hydroxylation is 1. The van der Waals surface area contributed by atoms with Crippen molar-refractivity contribution in [2.45, 2.75) is 13.5 Å². The minimum atomic E-state index is -0.464. The largest absolute Gasteiger partial charge is 0.308 e. The molecule has 1 aromatic heterocycles. The van der Waals surface area contributed by atoms with Crippen LogP contribution in [0.15, 0.2) is 59.4 Å². The van der Waals surface area contributed by atoms with Crippen molar-refractivity contribution in [3.8, 4) is 0 Å². The van der Waals surface area contributed by atoms with Crippen molar-refractivity contribution in [2.75, 3.05) is 0 Å². The monoisotopic (exact) mass is 267 g/mol. The molecule has 0 amide bonds. The van der Waals surface area contributed by atoms with Gasteiger partial charge in [-0.3, -0.25) is 4.79 Å². The third kappa shape index (κ3) is 2.11. The van der Waals surface area contributed by atoms with E-state index < -0.39 is 5.82 Å². The van der Waals surface area contributed by atoms with Gasteiger partial charge in [0.25, 0.3) is 5.56 Å². The molecular formula is C17H14FNO. The van der Waals surface area contributed by atoms with Crippen LogP contribution in [0.2, 0.25) is 0 Å². The lowest BCUT2D eigenvalue weighted by molar-refractivity contribution is 0.634. The zero-order valence-corrected chi connectivity index (χ0v) is 11.1. The maximum Gasteiger partial charge on any atom is 0.261 e. The molecule has 3 aromatic rings. The minimum Gasteiger partial charge on any atom is -0.308 e. The van der Waals surface area contributed by atoms with Crippen molar-refractivity contribution in [3.63, 3.8) is 0 Å². The molecule has 0 bridgehead atoms. The third-order valence-electron chi connectivity index (χ3n) is 3.48. The molecule has 0 radical (unpaired) electrons. The fourth-order valence-corrected chi connectivity index (χ4v) is 2.45. The molecule has 3 heteroatoms. The zero-order valence-electron chi connectivity index (χ0n) is 11.1. The van der Waals surface area contributed by atoms with E-state index in [9.17, 15) is 9.18 Å². The molecule has 2 aromatic carbocycles. The summed E-state index contributed by atoms with van der Waals surface area (Å²) in [5.41, 5.74) is 1.58. The van der Waals surface area contributed by atoms with Crippen LogP contribution in [0.4, 0.5) is 4.39 Å². The average Bonchev–Trinajstić information content (AvgIpc) is 2.44. The molecule has 0 aliphatic carbocycles. The van der Waals surface area contributed by atoms with Crippen molar-refractivity contribution >= 4 is 10.8 Å². The van der Waals surface area contributed by atoms with E-state index in [2.05, 4.69) is 0 Å². The van der Waals surface area contributed by atoms with Crippen LogP contribution < -0.4 is 5.56 Å².